The summed E-state index contributed by atoms with van der Waals surface area (Å²) in [6.45, 7) is 0.529. The van der Waals surface area contributed by atoms with E-state index in [0.29, 0.717) is 23.1 Å². The first-order valence-electron chi connectivity index (χ1n) is 8.05. The van der Waals surface area contributed by atoms with Gasteiger partial charge in [0.25, 0.3) is 5.91 Å². The first kappa shape index (κ1) is 17.9. The van der Waals surface area contributed by atoms with E-state index < -0.39 is 17.6 Å². The molecule has 1 saturated heterocycles. The van der Waals surface area contributed by atoms with E-state index in [4.69, 9.17) is 22.1 Å². The Bertz CT molecular complexity index is 851. The molecule has 0 radical (unpaired) electrons. The Morgan fingerprint density at radius 3 is 2.58 bits per heavy atom. The number of primary amides is 1. The summed E-state index contributed by atoms with van der Waals surface area (Å²) in [4.78, 5) is 36.3. The van der Waals surface area contributed by atoms with Crippen LogP contribution in [0.5, 0.6) is 5.75 Å². The zero-order valence-corrected chi connectivity index (χ0v) is 14.6. The van der Waals surface area contributed by atoms with Crippen molar-refractivity contribution in [3.05, 3.63) is 59.1 Å². The van der Waals surface area contributed by atoms with Crippen LogP contribution in [0.2, 0.25) is 5.02 Å². The van der Waals surface area contributed by atoms with Gasteiger partial charge in [0.1, 0.15) is 12.4 Å². The lowest BCUT2D eigenvalue weighted by Crippen LogP contribution is -2.32. The third-order valence-corrected chi connectivity index (χ3v) is 4.42. The number of nitrogens with zero attached hydrogens (tertiary/aromatic N) is 1. The minimum Gasteiger partial charge on any atom is -0.489 e. The number of anilines is 1. The molecule has 3 rings (SSSR count). The van der Waals surface area contributed by atoms with Crippen LogP contribution in [0.1, 0.15) is 12.0 Å². The molecule has 0 saturated carbocycles. The lowest BCUT2D eigenvalue weighted by molar-refractivity contribution is -0.138. The standard InChI is InChI=1S/C19H17ClN2O4/c20-14-3-1-2-12(8-14)11-26-16-6-4-15(5-7-16)22-10-13(9-17(22)23)18(24)19(21)25/h1-8,13H,9-11H2,(H2,21,25)/t13-/m1/s1. The molecule has 1 fully saturated rings. The molecular formula is C19H17ClN2O4. The number of ketones is 1. The van der Waals surface area contributed by atoms with Crippen molar-refractivity contribution in [3.8, 4) is 5.75 Å². The van der Waals surface area contributed by atoms with Crippen LogP contribution in [-0.2, 0) is 21.0 Å². The van der Waals surface area contributed by atoms with Gasteiger partial charge in [-0.25, -0.2) is 0 Å². The highest BCUT2D eigenvalue weighted by atomic mass is 35.5. The molecule has 1 aliphatic heterocycles. The van der Waals surface area contributed by atoms with Gasteiger partial charge in [-0.3, -0.25) is 14.4 Å². The SMILES string of the molecule is NC(=O)C(=O)[C@@H]1CC(=O)N(c2ccc(OCc3cccc(Cl)c3)cc2)C1. The number of halogens is 1. The number of amides is 2. The van der Waals surface area contributed by atoms with E-state index in [0.717, 1.165) is 5.56 Å². The maximum atomic E-state index is 12.1. The quantitative estimate of drug-likeness (QED) is 0.788. The number of benzene rings is 2. The van der Waals surface area contributed by atoms with Gasteiger partial charge in [-0.2, -0.15) is 0 Å². The van der Waals surface area contributed by atoms with Crippen molar-refractivity contribution in [3.63, 3.8) is 0 Å². The highest BCUT2D eigenvalue weighted by Crippen LogP contribution is 2.27. The largest absolute Gasteiger partial charge is 0.489 e. The summed E-state index contributed by atoms with van der Waals surface area (Å²) in [7, 11) is 0. The Morgan fingerprint density at radius 1 is 1.19 bits per heavy atom. The fraction of sp³-hybridized carbons (Fsp3) is 0.211. The van der Waals surface area contributed by atoms with E-state index in [9.17, 15) is 14.4 Å². The number of carbonyl (C=O) groups is 3. The molecule has 0 aromatic heterocycles. The van der Waals surface area contributed by atoms with Gasteiger partial charge in [-0.15, -0.1) is 0 Å². The smallest absolute Gasteiger partial charge is 0.285 e. The average Bonchev–Trinajstić information content (AvgIpc) is 3.01. The van der Waals surface area contributed by atoms with E-state index in [1.165, 1.54) is 4.90 Å². The molecule has 26 heavy (non-hydrogen) atoms. The third kappa shape index (κ3) is 4.03. The second-order valence-corrected chi connectivity index (χ2v) is 6.48. The summed E-state index contributed by atoms with van der Waals surface area (Å²) in [5.74, 6) is -1.96. The molecule has 2 amide bonds. The van der Waals surface area contributed by atoms with Crippen LogP contribution in [0, 0.1) is 5.92 Å². The zero-order chi connectivity index (χ0) is 18.7. The summed E-state index contributed by atoms with van der Waals surface area (Å²) < 4.78 is 5.70. The Hall–Kier alpha value is -2.86. The molecule has 7 heteroatoms. The van der Waals surface area contributed by atoms with Gasteiger partial charge >= 0.3 is 0 Å². The Morgan fingerprint density at radius 2 is 1.92 bits per heavy atom. The molecule has 1 atom stereocenters. The summed E-state index contributed by atoms with van der Waals surface area (Å²) >= 11 is 5.94. The predicted molar refractivity (Wildman–Crippen MR) is 96.9 cm³/mol. The summed E-state index contributed by atoms with van der Waals surface area (Å²) in [6, 6.07) is 14.4. The molecule has 1 aliphatic rings. The fourth-order valence-electron chi connectivity index (χ4n) is 2.85. The number of nitrogens with two attached hydrogens (primary N) is 1. The first-order chi connectivity index (χ1) is 12.4. The number of carbonyl (C=O) groups excluding carboxylic acids is 3. The van der Waals surface area contributed by atoms with E-state index >= 15 is 0 Å². The van der Waals surface area contributed by atoms with Crippen molar-refractivity contribution in [2.45, 2.75) is 13.0 Å². The fourth-order valence-corrected chi connectivity index (χ4v) is 3.06. The van der Waals surface area contributed by atoms with Gasteiger partial charge in [0.15, 0.2) is 0 Å². The van der Waals surface area contributed by atoms with Crippen LogP contribution >= 0.6 is 11.6 Å². The highest BCUT2D eigenvalue weighted by Gasteiger charge is 2.36. The van der Waals surface area contributed by atoms with Crippen LogP contribution in [0.3, 0.4) is 0 Å². The molecule has 0 spiro atoms. The van der Waals surface area contributed by atoms with Gasteiger partial charge in [-0.1, -0.05) is 23.7 Å². The third-order valence-electron chi connectivity index (χ3n) is 4.18. The van der Waals surface area contributed by atoms with Gasteiger partial charge in [0, 0.05) is 23.7 Å². The van der Waals surface area contributed by atoms with Crippen molar-refractivity contribution in [1.29, 1.82) is 0 Å². The summed E-state index contributed by atoms with van der Waals surface area (Å²) in [6.07, 6.45) is -0.00517. The van der Waals surface area contributed by atoms with Crippen molar-refractivity contribution in [2.75, 3.05) is 11.4 Å². The van der Waals surface area contributed by atoms with Crippen LogP contribution in [0.25, 0.3) is 0 Å². The molecule has 134 valence electrons. The van der Waals surface area contributed by atoms with Gasteiger partial charge in [-0.05, 0) is 42.0 Å². The van der Waals surface area contributed by atoms with Crippen molar-refractivity contribution < 1.29 is 19.1 Å². The molecule has 2 aromatic carbocycles. The lowest BCUT2D eigenvalue weighted by atomic mass is 10.0. The molecule has 2 N–H and O–H groups in total. The minimum atomic E-state index is -1.01. The lowest BCUT2D eigenvalue weighted by Gasteiger charge is -2.17. The van der Waals surface area contributed by atoms with E-state index in [1.807, 2.05) is 18.2 Å². The zero-order valence-electron chi connectivity index (χ0n) is 13.9. The predicted octanol–water partition coefficient (Wildman–Crippen LogP) is 2.33. The van der Waals surface area contributed by atoms with Gasteiger partial charge in [0.05, 0.1) is 5.92 Å². The maximum absolute atomic E-state index is 12.1. The molecule has 6 nitrogen and oxygen atoms in total. The second kappa shape index (κ2) is 7.58. The monoisotopic (exact) mass is 372 g/mol. The number of ether oxygens (including phenoxy) is 1. The van der Waals surface area contributed by atoms with Crippen LogP contribution in [0.15, 0.2) is 48.5 Å². The average molecular weight is 373 g/mol. The minimum absolute atomic E-state index is 0.00517. The summed E-state index contributed by atoms with van der Waals surface area (Å²) in [5.41, 5.74) is 6.60. The van der Waals surface area contributed by atoms with Crippen molar-refractivity contribution in [1.82, 2.24) is 0 Å². The van der Waals surface area contributed by atoms with E-state index in [2.05, 4.69) is 0 Å². The van der Waals surface area contributed by atoms with Gasteiger partial charge in [0.2, 0.25) is 11.7 Å². The van der Waals surface area contributed by atoms with Crippen molar-refractivity contribution in [2.24, 2.45) is 11.7 Å². The van der Waals surface area contributed by atoms with Crippen molar-refractivity contribution >= 4 is 34.9 Å². The Kier molecular flexibility index (Phi) is 5.23. The molecule has 0 unspecified atom stereocenters. The molecule has 0 aliphatic carbocycles. The number of hydrogen-bond acceptors (Lipinski definition) is 4. The number of Topliss-reactive ketones (excluding diaryl/α,β-unsaturated/α-hetero) is 1. The summed E-state index contributed by atoms with van der Waals surface area (Å²) in [5, 5.41) is 0.647. The van der Waals surface area contributed by atoms with E-state index in [1.54, 1.807) is 30.3 Å². The highest BCUT2D eigenvalue weighted by molar-refractivity contribution is 6.37. The van der Waals surface area contributed by atoms with Gasteiger partial charge < -0.3 is 15.4 Å². The Labute approximate surface area is 155 Å². The first-order valence-corrected chi connectivity index (χ1v) is 8.43. The molecule has 1 heterocycles. The van der Waals surface area contributed by atoms with Crippen LogP contribution in [0.4, 0.5) is 5.69 Å². The number of rotatable bonds is 6. The van der Waals surface area contributed by atoms with Crippen LogP contribution < -0.4 is 15.4 Å². The molecule has 2 aromatic rings. The number of hydrogen-bond donors (Lipinski definition) is 1. The molecule has 0 bridgehead atoms. The topological polar surface area (TPSA) is 89.7 Å². The van der Waals surface area contributed by atoms with Crippen LogP contribution in [-0.4, -0.2) is 24.1 Å². The molecular weight excluding hydrogens is 356 g/mol. The maximum Gasteiger partial charge on any atom is 0.285 e. The Balaban J connectivity index is 1.63. The van der Waals surface area contributed by atoms with E-state index in [-0.39, 0.29) is 18.9 Å². The second-order valence-electron chi connectivity index (χ2n) is 6.05. The normalized spacial score (nSPS) is 16.6.